The Kier molecular flexibility index (Phi) is 6.31. The molecule has 0 saturated heterocycles. The van der Waals surface area contributed by atoms with Gasteiger partial charge >= 0.3 is 0 Å². The second-order valence-electron chi connectivity index (χ2n) is 6.58. The van der Waals surface area contributed by atoms with E-state index < -0.39 is 10.0 Å². The van der Waals surface area contributed by atoms with Crippen LogP contribution in [0.3, 0.4) is 0 Å². The average molecular weight is 366 g/mol. The van der Waals surface area contributed by atoms with E-state index in [0.717, 1.165) is 36.7 Å². The third-order valence-electron chi connectivity index (χ3n) is 3.91. The van der Waals surface area contributed by atoms with Gasteiger partial charge in [0.2, 0.25) is 10.0 Å². The van der Waals surface area contributed by atoms with Crippen molar-refractivity contribution in [1.29, 1.82) is 0 Å². The van der Waals surface area contributed by atoms with E-state index in [1.807, 2.05) is 0 Å². The fraction of sp³-hybridized carbons (Fsp3) is 0.529. The average Bonchev–Trinajstić information content (AvgIpc) is 2.96. The highest BCUT2D eigenvalue weighted by Crippen LogP contribution is 2.19. The zero-order valence-corrected chi connectivity index (χ0v) is 16.1. The highest BCUT2D eigenvalue weighted by Gasteiger charge is 2.16. The van der Waals surface area contributed by atoms with Gasteiger partial charge in [0, 0.05) is 5.92 Å². The maximum atomic E-state index is 11.4. The first-order valence-corrected chi connectivity index (χ1v) is 10.0. The van der Waals surface area contributed by atoms with Crippen molar-refractivity contribution < 1.29 is 8.42 Å². The van der Waals surface area contributed by atoms with Crippen LogP contribution in [0.15, 0.2) is 29.2 Å². The molecular weight excluding hydrogens is 338 g/mol. The summed E-state index contributed by atoms with van der Waals surface area (Å²) in [6.45, 7) is 7.98. The first kappa shape index (κ1) is 19.6. The topological polar surface area (TPSA) is 94.1 Å². The van der Waals surface area contributed by atoms with Gasteiger partial charge in [-0.15, -0.1) is 5.10 Å². The van der Waals surface area contributed by atoms with Gasteiger partial charge in [-0.1, -0.05) is 27.2 Å². The minimum absolute atomic E-state index is 0.0852. The second kappa shape index (κ2) is 8.07. The molecule has 0 amide bonds. The summed E-state index contributed by atoms with van der Waals surface area (Å²) in [5.41, 5.74) is 0.770. The highest BCUT2D eigenvalue weighted by atomic mass is 32.2. The Morgan fingerprint density at radius 2 is 1.88 bits per heavy atom. The van der Waals surface area contributed by atoms with Crippen molar-refractivity contribution in [3.8, 4) is 5.69 Å². The molecule has 0 saturated carbocycles. The van der Waals surface area contributed by atoms with E-state index in [0.29, 0.717) is 6.54 Å². The van der Waals surface area contributed by atoms with Crippen LogP contribution in [0.2, 0.25) is 0 Å². The molecule has 1 aromatic carbocycles. The zero-order valence-electron chi connectivity index (χ0n) is 15.3. The van der Waals surface area contributed by atoms with E-state index in [4.69, 9.17) is 5.14 Å². The van der Waals surface area contributed by atoms with Crippen molar-refractivity contribution in [2.24, 2.45) is 5.14 Å². The third kappa shape index (κ3) is 5.10. The van der Waals surface area contributed by atoms with Crippen LogP contribution in [-0.2, 0) is 16.6 Å². The fourth-order valence-electron chi connectivity index (χ4n) is 2.52. The number of benzene rings is 1. The van der Waals surface area contributed by atoms with Gasteiger partial charge in [-0.25, -0.2) is 23.2 Å². The van der Waals surface area contributed by atoms with Crippen molar-refractivity contribution >= 4 is 10.0 Å². The van der Waals surface area contributed by atoms with Crippen LogP contribution < -0.4 is 5.14 Å². The first-order valence-electron chi connectivity index (χ1n) is 8.50. The van der Waals surface area contributed by atoms with Crippen molar-refractivity contribution in [3.63, 3.8) is 0 Å². The largest absolute Gasteiger partial charge is 0.299 e. The molecule has 0 radical (unpaired) electrons. The number of sulfonamides is 1. The molecule has 0 aliphatic heterocycles. The minimum atomic E-state index is -3.70. The summed E-state index contributed by atoms with van der Waals surface area (Å²) in [6.07, 6.45) is 2.29. The Labute approximate surface area is 149 Å². The number of primary sulfonamides is 1. The Morgan fingerprint density at radius 3 is 2.40 bits per heavy atom. The quantitative estimate of drug-likeness (QED) is 0.774. The molecule has 0 aliphatic rings. The van der Waals surface area contributed by atoms with E-state index in [2.05, 4.69) is 42.8 Å². The molecule has 0 atom stereocenters. The Bertz CT molecular complexity index is 797. The summed E-state index contributed by atoms with van der Waals surface area (Å²) in [6, 6.07) is 6.38. The van der Waals surface area contributed by atoms with Gasteiger partial charge in [-0.05, 0) is 44.3 Å². The molecule has 0 bridgehead atoms. The molecule has 0 aliphatic carbocycles. The van der Waals surface area contributed by atoms with E-state index in [-0.39, 0.29) is 10.8 Å². The molecule has 2 aromatic rings. The maximum Gasteiger partial charge on any atom is 0.238 e. The lowest BCUT2D eigenvalue weighted by molar-refractivity contribution is 0.312. The van der Waals surface area contributed by atoms with Crippen molar-refractivity contribution in [2.45, 2.75) is 51.0 Å². The van der Waals surface area contributed by atoms with Crippen LogP contribution in [-0.4, -0.2) is 41.7 Å². The summed E-state index contributed by atoms with van der Waals surface area (Å²) in [5, 5.41) is 9.78. The molecule has 2 N–H and O–H groups in total. The fourth-order valence-corrected chi connectivity index (χ4v) is 3.04. The first-order chi connectivity index (χ1) is 11.7. The number of hydrogen-bond donors (Lipinski definition) is 1. The molecule has 1 heterocycles. The van der Waals surface area contributed by atoms with E-state index in [1.54, 1.807) is 16.8 Å². The molecule has 0 spiro atoms. The van der Waals surface area contributed by atoms with Crippen LogP contribution in [0.1, 0.15) is 51.2 Å². The molecule has 25 heavy (non-hydrogen) atoms. The van der Waals surface area contributed by atoms with Crippen molar-refractivity contribution in [2.75, 3.05) is 13.6 Å². The van der Waals surface area contributed by atoms with E-state index >= 15 is 0 Å². The van der Waals surface area contributed by atoms with Gasteiger partial charge in [0.25, 0.3) is 0 Å². The molecule has 0 unspecified atom stereocenters. The predicted octanol–water partition coefficient (Wildman–Crippen LogP) is 2.27. The number of hydrogen-bond acceptors (Lipinski definition) is 5. The van der Waals surface area contributed by atoms with Gasteiger partial charge in [-0.3, -0.25) is 4.90 Å². The molecule has 2 rings (SSSR count). The van der Waals surface area contributed by atoms with E-state index in [1.165, 1.54) is 12.1 Å². The standard InChI is InChI=1S/C17H27N5O2S/c1-5-6-11-21(4)12-16-19-17(13(2)3)22(20-16)14-7-9-15(10-8-14)25(18,23)24/h7-10,13H,5-6,11-12H2,1-4H3,(H2,18,23,24). The smallest absolute Gasteiger partial charge is 0.238 e. The van der Waals surface area contributed by atoms with Crippen LogP contribution in [0, 0.1) is 0 Å². The normalized spacial score (nSPS) is 12.3. The predicted molar refractivity (Wildman–Crippen MR) is 98.1 cm³/mol. The summed E-state index contributed by atoms with van der Waals surface area (Å²) in [4.78, 5) is 6.96. The van der Waals surface area contributed by atoms with Crippen LogP contribution in [0.25, 0.3) is 5.69 Å². The zero-order chi connectivity index (χ0) is 18.6. The molecule has 1 aromatic heterocycles. The lowest BCUT2D eigenvalue weighted by atomic mass is 10.2. The number of nitrogens with two attached hydrogens (primary N) is 1. The lowest BCUT2D eigenvalue weighted by Gasteiger charge is -2.13. The van der Waals surface area contributed by atoms with Crippen LogP contribution in [0.4, 0.5) is 0 Å². The van der Waals surface area contributed by atoms with Crippen LogP contribution >= 0.6 is 0 Å². The van der Waals surface area contributed by atoms with Gasteiger partial charge < -0.3 is 0 Å². The van der Waals surface area contributed by atoms with Gasteiger partial charge in [0.1, 0.15) is 5.82 Å². The maximum absolute atomic E-state index is 11.4. The highest BCUT2D eigenvalue weighted by molar-refractivity contribution is 7.89. The van der Waals surface area contributed by atoms with Crippen molar-refractivity contribution in [3.05, 3.63) is 35.9 Å². The number of nitrogens with zero attached hydrogens (tertiary/aromatic N) is 4. The number of rotatable bonds is 8. The van der Waals surface area contributed by atoms with Gasteiger partial charge in [0.05, 0.1) is 17.1 Å². The molecular formula is C17H27N5O2S. The molecule has 8 heteroatoms. The second-order valence-corrected chi connectivity index (χ2v) is 8.14. The monoisotopic (exact) mass is 365 g/mol. The Hall–Kier alpha value is -1.77. The summed E-state index contributed by atoms with van der Waals surface area (Å²) in [5.74, 6) is 1.81. The van der Waals surface area contributed by atoms with Crippen LogP contribution in [0.5, 0.6) is 0 Å². The van der Waals surface area contributed by atoms with Crippen molar-refractivity contribution in [1.82, 2.24) is 19.7 Å². The summed E-state index contributed by atoms with van der Waals surface area (Å²) < 4.78 is 24.6. The van der Waals surface area contributed by atoms with E-state index in [9.17, 15) is 8.42 Å². The number of aromatic nitrogens is 3. The Morgan fingerprint density at radius 1 is 1.24 bits per heavy atom. The molecule has 0 fully saturated rings. The summed E-state index contributed by atoms with van der Waals surface area (Å²) >= 11 is 0. The van der Waals surface area contributed by atoms with Gasteiger partial charge in [0.15, 0.2) is 5.82 Å². The minimum Gasteiger partial charge on any atom is -0.299 e. The number of unbranched alkanes of at least 4 members (excludes halogenated alkanes) is 1. The SMILES string of the molecule is CCCCN(C)Cc1nc(C(C)C)n(-c2ccc(S(N)(=O)=O)cc2)n1. The Balaban J connectivity index is 2.30. The third-order valence-corrected chi connectivity index (χ3v) is 4.84. The summed E-state index contributed by atoms with van der Waals surface area (Å²) in [7, 11) is -1.64. The molecule has 7 nitrogen and oxygen atoms in total. The lowest BCUT2D eigenvalue weighted by Crippen LogP contribution is -2.19. The molecule has 138 valence electrons. The van der Waals surface area contributed by atoms with Gasteiger partial charge in [-0.2, -0.15) is 0 Å².